The van der Waals surface area contributed by atoms with Crippen molar-refractivity contribution >= 4 is 41.4 Å². The van der Waals surface area contributed by atoms with Gasteiger partial charge >= 0.3 is 35.8 Å². The molecule has 1 rings (SSSR count). The van der Waals surface area contributed by atoms with Crippen LogP contribution < -0.4 is 0 Å². The van der Waals surface area contributed by atoms with Crippen molar-refractivity contribution in [1.29, 1.82) is 0 Å². The Labute approximate surface area is 170 Å². The first-order valence-electron chi connectivity index (χ1n) is 8.23. The van der Waals surface area contributed by atoms with Crippen molar-refractivity contribution in [2.45, 2.75) is 58.1 Å². The molecule has 0 amide bonds. The molecule has 12 nitrogen and oxygen atoms in total. The zero-order chi connectivity index (χ0) is 22.4. The number of aliphatic hydroxyl groups excluding tert-OH is 1. The van der Waals surface area contributed by atoms with Crippen molar-refractivity contribution in [3.8, 4) is 0 Å². The maximum Gasteiger partial charge on any atom is 0.418 e. The minimum atomic E-state index is -2.79. The molecule has 5 atom stereocenters. The molecule has 0 aromatic heterocycles. The van der Waals surface area contributed by atoms with Gasteiger partial charge in [-0.05, 0) is 0 Å². The molecule has 0 unspecified atom stereocenters. The number of ether oxygens (including phenoxy) is 6. The Balaban J connectivity index is 3.46. The fourth-order valence-electron chi connectivity index (χ4n) is 2.50. The molecule has 1 aliphatic heterocycles. The molecule has 1 aliphatic rings. The van der Waals surface area contributed by atoms with Crippen molar-refractivity contribution in [2.24, 2.45) is 0 Å². The molecule has 0 spiro atoms. The highest BCUT2D eigenvalue weighted by Gasteiger charge is 2.63. The summed E-state index contributed by atoms with van der Waals surface area (Å²) >= 11 is 5.42. The molecule has 1 saturated heterocycles. The van der Waals surface area contributed by atoms with Crippen molar-refractivity contribution in [2.75, 3.05) is 12.5 Å². The standard InChI is InChI=1S/C16H21ClO12/c1-7(18)24-6-11-14(25-8(2)19)13(23)15(26-9(3)20)16(28-11,27-10(4)21)29-12(22)5-17/h11,13-15,23H,5-6H2,1-4H3/t11-,13+,14-,15-,16+/m1/s1. The van der Waals surface area contributed by atoms with Crippen LogP contribution in [0.15, 0.2) is 0 Å². The zero-order valence-electron chi connectivity index (χ0n) is 16.0. The van der Waals surface area contributed by atoms with Gasteiger partial charge in [0.05, 0.1) is 0 Å². The van der Waals surface area contributed by atoms with Crippen molar-refractivity contribution < 1.29 is 57.5 Å². The third kappa shape index (κ3) is 6.84. The van der Waals surface area contributed by atoms with E-state index in [4.69, 9.17) is 40.0 Å². The third-order valence-corrected chi connectivity index (χ3v) is 3.59. The molecule has 0 saturated carbocycles. The van der Waals surface area contributed by atoms with E-state index in [1.165, 1.54) is 0 Å². The Morgan fingerprint density at radius 2 is 1.52 bits per heavy atom. The Bertz CT molecular complexity index is 662. The van der Waals surface area contributed by atoms with Gasteiger partial charge in [-0.3, -0.25) is 28.7 Å². The third-order valence-electron chi connectivity index (χ3n) is 3.37. The topological polar surface area (TPSA) is 161 Å². The van der Waals surface area contributed by atoms with Crippen molar-refractivity contribution in [3.05, 3.63) is 0 Å². The number of halogens is 1. The summed E-state index contributed by atoms with van der Waals surface area (Å²) in [6.45, 7) is 3.39. The number of hydrogen-bond donors (Lipinski definition) is 1. The number of rotatable bonds is 7. The van der Waals surface area contributed by atoms with Crippen LogP contribution in [0, 0.1) is 0 Å². The molecule has 0 aromatic rings. The van der Waals surface area contributed by atoms with Crippen LogP contribution in [0.25, 0.3) is 0 Å². The predicted octanol–water partition coefficient (Wildman–Crippen LogP) is -0.828. The van der Waals surface area contributed by atoms with E-state index in [9.17, 15) is 29.1 Å². The lowest BCUT2D eigenvalue weighted by atomic mass is 9.97. The van der Waals surface area contributed by atoms with Crippen molar-refractivity contribution in [1.82, 2.24) is 0 Å². The van der Waals surface area contributed by atoms with E-state index < -0.39 is 72.7 Å². The first kappa shape index (κ1) is 24.6. The minimum Gasteiger partial charge on any atom is -0.463 e. The Hall–Kier alpha value is -2.44. The summed E-state index contributed by atoms with van der Waals surface area (Å²) in [5.41, 5.74) is 0. The number of hydrogen-bond acceptors (Lipinski definition) is 12. The van der Waals surface area contributed by atoms with Crippen LogP contribution in [0.4, 0.5) is 0 Å². The molecule has 0 bridgehead atoms. The van der Waals surface area contributed by atoms with Crippen LogP contribution in [0.5, 0.6) is 0 Å². The van der Waals surface area contributed by atoms with Gasteiger partial charge in [0.25, 0.3) is 0 Å². The van der Waals surface area contributed by atoms with Crippen LogP contribution in [0.2, 0.25) is 0 Å². The SMILES string of the molecule is CC(=O)OC[C@H]1O[C@](OC(C)=O)(OC(=O)CCl)[C@H](OC(C)=O)[C@@H](O)[C@@H]1OC(C)=O. The number of esters is 5. The predicted molar refractivity (Wildman–Crippen MR) is 89.9 cm³/mol. The van der Waals surface area contributed by atoms with Gasteiger partial charge in [-0.1, -0.05) is 0 Å². The molecule has 13 heteroatoms. The Morgan fingerprint density at radius 1 is 0.931 bits per heavy atom. The molecular formula is C16H21ClO12. The monoisotopic (exact) mass is 440 g/mol. The summed E-state index contributed by atoms with van der Waals surface area (Å²) in [4.78, 5) is 57.6. The number of carbonyl (C=O) groups is 5. The molecule has 1 heterocycles. The van der Waals surface area contributed by atoms with Gasteiger partial charge in [-0.25, -0.2) is 0 Å². The van der Waals surface area contributed by atoms with Gasteiger partial charge in [0.15, 0.2) is 6.10 Å². The number of carbonyl (C=O) groups excluding carboxylic acids is 5. The van der Waals surface area contributed by atoms with E-state index in [2.05, 4.69) is 0 Å². The highest BCUT2D eigenvalue weighted by Crippen LogP contribution is 2.36. The first-order valence-corrected chi connectivity index (χ1v) is 8.76. The normalized spacial score (nSPS) is 28.6. The molecule has 1 fully saturated rings. The van der Waals surface area contributed by atoms with Gasteiger partial charge in [-0.15, -0.1) is 11.6 Å². The van der Waals surface area contributed by atoms with Crippen LogP contribution in [-0.2, 0) is 52.4 Å². The Kier molecular flexibility index (Phi) is 8.80. The fourth-order valence-corrected chi connectivity index (χ4v) is 2.56. The summed E-state index contributed by atoms with van der Waals surface area (Å²) in [5.74, 6) is -8.28. The minimum absolute atomic E-state index is 0.599. The van der Waals surface area contributed by atoms with Gasteiger partial charge in [0.1, 0.15) is 24.7 Å². The van der Waals surface area contributed by atoms with E-state index >= 15 is 0 Å². The van der Waals surface area contributed by atoms with Gasteiger partial charge in [-0.2, -0.15) is 0 Å². The largest absolute Gasteiger partial charge is 0.463 e. The fraction of sp³-hybridized carbons (Fsp3) is 0.688. The lowest BCUT2D eigenvalue weighted by molar-refractivity contribution is -0.432. The molecule has 0 radical (unpaired) electrons. The zero-order valence-corrected chi connectivity index (χ0v) is 16.8. The van der Waals surface area contributed by atoms with Gasteiger partial charge in [0, 0.05) is 27.7 Å². The van der Waals surface area contributed by atoms with E-state index in [-0.39, 0.29) is 0 Å². The molecule has 0 aliphatic carbocycles. The second kappa shape index (κ2) is 10.4. The summed E-state index contributed by atoms with van der Waals surface area (Å²) in [7, 11) is 0. The average Bonchev–Trinajstić information content (AvgIpc) is 2.58. The van der Waals surface area contributed by atoms with Gasteiger partial charge in [0.2, 0.25) is 6.10 Å². The van der Waals surface area contributed by atoms with E-state index in [1.54, 1.807) is 0 Å². The van der Waals surface area contributed by atoms with Crippen LogP contribution >= 0.6 is 11.6 Å². The number of alkyl halides is 1. The maximum atomic E-state index is 11.8. The number of aliphatic hydroxyl groups is 1. The summed E-state index contributed by atoms with van der Waals surface area (Å²) < 4.78 is 30.1. The molecule has 164 valence electrons. The van der Waals surface area contributed by atoms with E-state index in [0.717, 1.165) is 27.7 Å². The van der Waals surface area contributed by atoms with Crippen LogP contribution in [-0.4, -0.2) is 77.8 Å². The smallest absolute Gasteiger partial charge is 0.418 e. The lowest BCUT2D eigenvalue weighted by Gasteiger charge is -2.47. The highest BCUT2D eigenvalue weighted by molar-refractivity contribution is 6.26. The first-order chi connectivity index (χ1) is 13.4. The van der Waals surface area contributed by atoms with Crippen LogP contribution in [0.3, 0.4) is 0 Å². The van der Waals surface area contributed by atoms with E-state index in [0.29, 0.717) is 0 Å². The second-order valence-corrected chi connectivity index (χ2v) is 6.13. The molecule has 29 heavy (non-hydrogen) atoms. The maximum absolute atomic E-state index is 11.8. The van der Waals surface area contributed by atoms with Gasteiger partial charge < -0.3 is 28.8 Å². The molecule has 0 aromatic carbocycles. The van der Waals surface area contributed by atoms with E-state index in [1.807, 2.05) is 0 Å². The molecule has 1 N–H and O–H groups in total. The molecular weight excluding hydrogens is 420 g/mol. The average molecular weight is 441 g/mol. The van der Waals surface area contributed by atoms with Crippen molar-refractivity contribution in [3.63, 3.8) is 0 Å². The Morgan fingerprint density at radius 3 is 1.97 bits per heavy atom. The summed E-state index contributed by atoms with van der Waals surface area (Å²) in [5, 5.41) is 10.7. The lowest BCUT2D eigenvalue weighted by Crippen LogP contribution is -2.69. The second-order valence-electron chi connectivity index (χ2n) is 5.86. The summed E-state index contributed by atoms with van der Waals surface area (Å²) in [6, 6.07) is 0. The quantitative estimate of drug-likeness (QED) is 0.227. The highest BCUT2D eigenvalue weighted by atomic mass is 35.5. The summed E-state index contributed by atoms with van der Waals surface area (Å²) in [6.07, 6.45) is -6.91. The van der Waals surface area contributed by atoms with Crippen LogP contribution in [0.1, 0.15) is 27.7 Å².